The molecule has 0 aromatic carbocycles. The molecule has 0 bridgehead atoms. The first-order chi connectivity index (χ1) is 10.9. The van der Waals surface area contributed by atoms with Crippen LogP contribution >= 0.6 is 0 Å². The molecular weight excluding hydrogens is 284 g/mol. The fourth-order valence-electron chi connectivity index (χ4n) is 6.81. The van der Waals surface area contributed by atoms with Crippen molar-refractivity contribution in [3.63, 3.8) is 0 Å². The minimum atomic E-state index is -0.0541. The molecule has 3 fully saturated rings. The molecule has 0 saturated heterocycles. The Morgan fingerprint density at radius 2 is 1.91 bits per heavy atom. The van der Waals surface area contributed by atoms with E-state index in [0.717, 1.165) is 12.0 Å². The molecular formula is C21H28O2. The highest BCUT2D eigenvalue weighted by Gasteiger charge is 2.60. The Labute approximate surface area is 139 Å². The molecule has 0 aromatic heterocycles. The van der Waals surface area contributed by atoms with Crippen LogP contribution in [0.3, 0.4) is 0 Å². The molecule has 2 heteroatoms. The van der Waals surface area contributed by atoms with Gasteiger partial charge in [0.1, 0.15) is 0 Å². The molecule has 0 N–H and O–H groups in total. The predicted octanol–water partition coefficient (Wildman–Crippen LogP) is 4.50. The zero-order chi connectivity index (χ0) is 16.4. The number of Topliss-reactive ketones (excluding diaryl/α,β-unsaturated/α-hetero) is 1. The van der Waals surface area contributed by atoms with E-state index >= 15 is 0 Å². The van der Waals surface area contributed by atoms with Crippen molar-refractivity contribution in [2.75, 3.05) is 0 Å². The van der Waals surface area contributed by atoms with Gasteiger partial charge in [-0.1, -0.05) is 19.9 Å². The van der Waals surface area contributed by atoms with Crippen LogP contribution in [0.1, 0.15) is 58.8 Å². The molecule has 23 heavy (non-hydrogen) atoms. The SMILES string of the molecule is C=CC1CCC2C3CC(=O)C4=CC(=O)CCC4(C)C3CCC12C. The van der Waals surface area contributed by atoms with Crippen LogP contribution in [0.5, 0.6) is 0 Å². The maximum atomic E-state index is 12.8. The Bertz CT molecular complexity index is 615. The second-order valence-electron chi connectivity index (χ2n) is 8.91. The zero-order valence-corrected chi connectivity index (χ0v) is 14.4. The van der Waals surface area contributed by atoms with Crippen LogP contribution in [0.2, 0.25) is 0 Å². The Morgan fingerprint density at radius 3 is 2.65 bits per heavy atom. The van der Waals surface area contributed by atoms with Crippen molar-refractivity contribution in [1.82, 2.24) is 0 Å². The molecule has 2 nitrogen and oxygen atoms in total. The molecule has 6 atom stereocenters. The summed E-state index contributed by atoms with van der Waals surface area (Å²) < 4.78 is 0. The normalized spacial score (nSPS) is 49.0. The van der Waals surface area contributed by atoms with Gasteiger partial charge in [0, 0.05) is 18.4 Å². The van der Waals surface area contributed by atoms with Gasteiger partial charge in [0.2, 0.25) is 0 Å². The number of carbonyl (C=O) groups is 2. The van der Waals surface area contributed by atoms with Crippen molar-refractivity contribution in [2.45, 2.75) is 58.8 Å². The third kappa shape index (κ3) is 1.93. The lowest BCUT2D eigenvalue weighted by Crippen LogP contribution is -2.52. The van der Waals surface area contributed by atoms with Crippen molar-refractivity contribution in [2.24, 2.45) is 34.5 Å². The van der Waals surface area contributed by atoms with E-state index in [9.17, 15) is 9.59 Å². The van der Waals surface area contributed by atoms with Crippen molar-refractivity contribution < 1.29 is 9.59 Å². The summed E-state index contributed by atoms with van der Waals surface area (Å²) in [6.45, 7) is 8.78. The van der Waals surface area contributed by atoms with Crippen LogP contribution in [-0.2, 0) is 9.59 Å². The van der Waals surface area contributed by atoms with Crippen LogP contribution in [-0.4, -0.2) is 11.6 Å². The van der Waals surface area contributed by atoms with Gasteiger partial charge in [-0.3, -0.25) is 9.59 Å². The lowest BCUT2D eigenvalue weighted by Gasteiger charge is -2.57. The number of hydrogen-bond donors (Lipinski definition) is 0. The highest BCUT2D eigenvalue weighted by Crippen LogP contribution is 2.66. The maximum absolute atomic E-state index is 12.8. The Balaban J connectivity index is 1.73. The van der Waals surface area contributed by atoms with Gasteiger partial charge in [0.05, 0.1) is 0 Å². The molecule has 4 aliphatic carbocycles. The smallest absolute Gasteiger partial charge is 0.159 e. The molecule has 3 saturated carbocycles. The molecule has 0 aliphatic heterocycles. The second kappa shape index (κ2) is 4.91. The first-order valence-corrected chi connectivity index (χ1v) is 9.31. The van der Waals surface area contributed by atoms with E-state index in [2.05, 4.69) is 26.5 Å². The second-order valence-corrected chi connectivity index (χ2v) is 8.91. The fourth-order valence-corrected chi connectivity index (χ4v) is 6.81. The molecule has 0 heterocycles. The highest BCUT2D eigenvalue weighted by atomic mass is 16.1. The zero-order valence-electron chi connectivity index (χ0n) is 14.4. The topological polar surface area (TPSA) is 34.1 Å². The molecule has 0 aromatic rings. The van der Waals surface area contributed by atoms with Crippen LogP contribution in [0.15, 0.2) is 24.3 Å². The third-order valence-corrected chi connectivity index (χ3v) is 8.15. The molecule has 124 valence electrons. The standard InChI is InChI=1S/C21H28O2/c1-4-13-5-6-16-15-12-19(23)18-11-14(22)7-9-21(18,3)17(15)8-10-20(13,16)2/h4,11,13,15-17H,1,5-10,12H2,2-3H3. The van der Waals surface area contributed by atoms with Crippen LogP contribution in [0.4, 0.5) is 0 Å². The predicted molar refractivity (Wildman–Crippen MR) is 90.8 cm³/mol. The fraction of sp³-hybridized carbons (Fsp3) is 0.714. The summed E-state index contributed by atoms with van der Waals surface area (Å²) >= 11 is 0. The molecule has 0 amide bonds. The summed E-state index contributed by atoms with van der Waals surface area (Å²) in [4.78, 5) is 24.7. The molecule has 4 rings (SSSR count). The first-order valence-electron chi connectivity index (χ1n) is 9.31. The van der Waals surface area contributed by atoms with Crippen LogP contribution in [0.25, 0.3) is 0 Å². The number of hydrogen-bond acceptors (Lipinski definition) is 2. The Morgan fingerprint density at radius 1 is 1.13 bits per heavy atom. The Kier molecular flexibility index (Phi) is 3.28. The number of ketones is 2. The summed E-state index contributed by atoms with van der Waals surface area (Å²) in [5, 5.41) is 0. The van der Waals surface area contributed by atoms with Gasteiger partial charge < -0.3 is 0 Å². The van der Waals surface area contributed by atoms with Crippen molar-refractivity contribution in [3.05, 3.63) is 24.3 Å². The van der Waals surface area contributed by atoms with E-state index in [-0.39, 0.29) is 17.0 Å². The molecule has 6 unspecified atom stereocenters. The number of rotatable bonds is 1. The minimum Gasteiger partial charge on any atom is -0.295 e. The van der Waals surface area contributed by atoms with E-state index in [0.29, 0.717) is 41.9 Å². The van der Waals surface area contributed by atoms with Crippen molar-refractivity contribution in [3.8, 4) is 0 Å². The van der Waals surface area contributed by atoms with E-state index in [1.165, 1.54) is 25.7 Å². The maximum Gasteiger partial charge on any atom is 0.159 e. The molecule has 0 spiro atoms. The van der Waals surface area contributed by atoms with Gasteiger partial charge in [-0.15, -0.1) is 6.58 Å². The van der Waals surface area contributed by atoms with Gasteiger partial charge >= 0.3 is 0 Å². The largest absolute Gasteiger partial charge is 0.295 e. The lowest BCUT2D eigenvalue weighted by molar-refractivity contribution is -0.130. The van der Waals surface area contributed by atoms with E-state index in [1.54, 1.807) is 6.08 Å². The number of fused-ring (bicyclic) bond motifs is 5. The summed E-state index contributed by atoms with van der Waals surface area (Å²) in [6, 6.07) is 0. The number of carbonyl (C=O) groups excluding carboxylic acids is 2. The number of allylic oxidation sites excluding steroid dienone is 2. The molecule has 4 aliphatic rings. The van der Waals surface area contributed by atoms with Gasteiger partial charge in [0.15, 0.2) is 11.6 Å². The quantitative estimate of drug-likeness (QED) is 0.668. The van der Waals surface area contributed by atoms with Crippen LogP contribution in [0, 0.1) is 34.5 Å². The Hall–Kier alpha value is -1.18. The van der Waals surface area contributed by atoms with Crippen molar-refractivity contribution in [1.29, 1.82) is 0 Å². The van der Waals surface area contributed by atoms with Crippen LogP contribution < -0.4 is 0 Å². The lowest BCUT2D eigenvalue weighted by atomic mass is 9.46. The van der Waals surface area contributed by atoms with Crippen molar-refractivity contribution >= 4 is 11.6 Å². The average molecular weight is 312 g/mol. The van der Waals surface area contributed by atoms with Gasteiger partial charge in [0.25, 0.3) is 0 Å². The van der Waals surface area contributed by atoms with E-state index in [4.69, 9.17) is 0 Å². The highest BCUT2D eigenvalue weighted by molar-refractivity contribution is 6.05. The first kappa shape index (κ1) is 15.4. The van der Waals surface area contributed by atoms with E-state index in [1.807, 2.05) is 0 Å². The third-order valence-electron chi connectivity index (χ3n) is 8.15. The van der Waals surface area contributed by atoms with Gasteiger partial charge in [-0.2, -0.15) is 0 Å². The minimum absolute atomic E-state index is 0.0541. The summed E-state index contributed by atoms with van der Waals surface area (Å²) in [7, 11) is 0. The summed E-state index contributed by atoms with van der Waals surface area (Å²) in [5.74, 6) is 2.78. The van der Waals surface area contributed by atoms with E-state index < -0.39 is 0 Å². The monoisotopic (exact) mass is 312 g/mol. The average Bonchev–Trinajstić information content (AvgIpc) is 2.86. The summed E-state index contributed by atoms with van der Waals surface area (Å²) in [6.07, 6.45) is 11.0. The van der Waals surface area contributed by atoms with Gasteiger partial charge in [-0.05, 0) is 72.7 Å². The van der Waals surface area contributed by atoms with Gasteiger partial charge in [-0.25, -0.2) is 0 Å². The summed E-state index contributed by atoms with van der Waals surface area (Å²) in [5.41, 5.74) is 1.14. The molecule has 0 radical (unpaired) electrons.